The van der Waals surface area contributed by atoms with E-state index in [1.54, 1.807) is 36.1 Å². The number of anilines is 2. The van der Waals surface area contributed by atoms with Crippen LogP contribution >= 0.6 is 11.3 Å². The molecule has 1 aliphatic heterocycles. The average Bonchev–Trinajstić information content (AvgIpc) is 3.21. The van der Waals surface area contributed by atoms with Crippen molar-refractivity contribution in [3.63, 3.8) is 0 Å². The topological polar surface area (TPSA) is 106 Å². The van der Waals surface area contributed by atoms with Crippen LogP contribution in [-0.4, -0.2) is 62.1 Å². The Kier molecular flexibility index (Phi) is 8.67. The van der Waals surface area contributed by atoms with E-state index < -0.39 is 5.97 Å². The lowest BCUT2D eigenvalue weighted by Gasteiger charge is -2.21. The number of carbonyl (C=O) groups is 3. The number of benzene rings is 1. The Morgan fingerprint density at radius 2 is 1.70 bits per heavy atom. The van der Waals surface area contributed by atoms with Crippen LogP contribution in [0.2, 0.25) is 0 Å². The van der Waals surface area contributed by atoms with Gasteiger partial charge in [0.2, 0.25) is 11.8 Å². The zero-order chi connectivity index (χ0) is 23.8. The van der Waals surface area contributed by atoms with Crippen molar-refractivity contribution in [1.29, 1.82) is 0 Å². The molecule has 1 aromatic heterocycles. The molecular formula is C23H29N3O6S. The molecule has 178 valence electrons. The summed E-state index contributed by atoms with van der Waals surface area (Å²) in [6.45, 7) is 7.34. The van der Waals surface area contributed by atoms with E-state index in [0.717, 1.165) is 11.3 Å². The van der Waals surface area contributed by atoms with Crippen LogP contribution in [-0.2, 0) is 20.7 Å². The van der Waals surface area contributed by atoms with Crippen molar-refractivity contribution in [1.82, 2.24) is 4.90 Å². The normalized spacial score (nSPS) is 12.4. The largest absolute Gasteiger partial charge is 0.486 e. The third-order valence-corrected chi connectivity index (χ3v) is 6.08. The summed E-state index contributed by atoms with van der Waals surface area (Å²) in [6.07, 6.45) is 0.744. The van der Waals surface area contributed by atoms with Crippen LogP contribution in [0, 0.1) is 0 Å². The van der Waals surface area contributed by atoms with Crippen molar-refractivity contribution in [2.45, 2.75) is 27.2 Å². The Morgan fingerprint density at radius 1 is 1.00 bits per heavy atom. The molecular weight excluding hydrogens is 446 g/mol. The fourth-order valence-electron chi connectivity index (χ4n) is 3.24. The fraction of sp³-hybridized carbons (Fsp3) is 0.435. The maximum Gasteiger partial charge on any atom is 0.341 e. The van der Waals surface area contributed by atoms with Gasteiger partial charge in [-0.15, -0.1) is 11.3 Å². The third kappa shape index (κ3) is 6.69. The maximum atomic E-state index is 12.7. The number of esters is 1. The Hall–Kier alpha value is -3.11. The summed E-state index contributed by atoms with van der Waals surface area (Å²) in [5, 5.41) is 6.09. The van der Waals surface area contributed by atoms with E-state index in [9.17, 15) is 14.4 Å². The fourth-order valence-corrected chi connectivity index (χ4v) is 4.24. The summed E-state index contributed by atoms with van der Waals surface area (Å²) in [5.74, 6) is 0.213. The Balaban J connectivity index is 1.57. The van der Waals surface area contributed by atoms with Crippen LogP contribution < -0.4 is 20.1 Å². The third-order valence-electron chi connectivity index (χ3n) is 4.89. The second-order valence-electron chi connectivity index (χ2n) is 7.29. The number of thiophene rings is 1. The Morgan fingerprint density at radius 3 is 2.36 bits per heavy atom. The lowest BCUT2D eigenvalue weighted by molar-refractivity contribution is -0.119. The van der Waals surface area contributed by atoms with Gasteiger partial charge in [0.15, 0.2) is 11.5 Å². The SMILES string of the molecule is CCOC(=O)c1cc(CC)sc1NC(=O)CN(CC)CC(=O)Nc1ccc2c(c1)OCCO2. The number of hydrogen-bond donors (Lipinski definition) is 2. The first-order valence-electron chi connectivity index (χ1n) is 10.9. The molecule has 2 aromatic rings. The first-order valence-corrected chi connectivity index (χ1v) is 11.8. The molecule has 3 rings (SSSR count). The predicted molar refractivity (Wildman–Crippen MR) is 126 cm³/mol. The van der Waals surface area contributed by atoms with E-state index in [2.05, 4.69) is 10.6 Å². The Bertz CT molecular complexity index is 1010. The molecule has 9 nitrogen and oxygen atoms in total. The molecule has 2 amide bonds. The molecule has 0 unspecified atom stereocenters. The maximum absolute atomic E-state index is 12.7. The number of likely N-dealkylation sites (N-methyl/N-ethyl adjacent to an activating group) is 1. The van der Waals surface area contributed by atoms with Crippen molar-refractivity contribution in [3.05, 3.63) is 34.7 Å². The number of ether oxygens (including phenoxy) is 3. The summed E-state index contributed by atoms with van der Waals surface area (Å²) in [5.41, 5.74) is 0.945. The lowest BCUT2D eigenvalue weighted by Crippen LogP contribution is -2.38. The highest BCUT2D eigenvalue weighted by Crippen LogP contribution is 2.32. The van der Waals surface area contributed by atoms with Crippen molar-refractivity contribution >= 4 is 39.8 Å². The molecule has 2 heterocycles. The summed E-state index contributed by atoms with van der Waals surface area (Å²) in [4.78, 5) is 40.1. The van der Waals surface area contributed by atoms with Crippen molar-refractivity contribution < 1.29 is 28.6 Å². The van der Waals surface area contributed by atoms with Gasteiger partial charge in [-0.05, 0) is 38.1 Å². The molecule has 1 aromatic carbocycles. The number of rotatable bonds is 10. The standard InChI is InChI=1S/C23H29N3O6S/c1-4-16-12-17(23(29)30-6-3)22(33-16)25-21(28)14-26(5-2)13-20(27)24-15-7-8-18-19(11-15)32-10-9-31-18/h7-8,11-12H,4-6,9-10,13-14H2,1-3H3,(H,24,27)(H,25,28). The van der Waals surface area contributed by atoms with Crippen LogP contribution in [0.4, 0.5) is 10.7 Å². The lowest BCUT2D eigenvalue weighted by atomic mass is 10.2. The highest BCUT2D eigenvalue weighted by atomic mass is 32.1. The summed E-state index contributed by atoms with van der Waals surface area (Å²) >= 11 is 1.35. The number of aryl methyl sites for hydroxylation is 1. The predicted octanol–water partition coefficient (Wildman–Crippen LogP) is 3.16. The first kappa shape index (κ1) is 24.5. The smallest absolute Gasteiger partial charge is 0.341 e. The number of nitrogens with zero attached hydrogens (tertiary/aromatic N) is 1. The van der Waals surface area contributed by atoms with Gasteiger partial charge in [0.25, 0.3) is 0 Å². The van der Waals surface area contributed by atoms with Gasteiger partial charge in [0, 0.05) is 16.6 Å². The van der Waals surface area contributed by atoms with Crippen LogP contribution in [0.1, 0.15) is 36.0 Å². The molecule has 33 heavy (non-hydrogen) atoms. The number of nitrogens with one attached hydrogen (secondary N) is 2. The van der Waals surface area contributed by atoms with E-state index in [0.29, 0.717) is 47.5 Å². The molecule has 0 radical (unpaired) electrons. The average molecular weight is 476 g/mol. The van der Waals surface area contributed by atoms with E-state index in [1.165, 1.54) is 11.3 Å². The van der Waals surface area contributed by atoms with Crippen LogP contribution in [0.3, 0.4) is 0 Å². The summed E-state index contributed by atoms with van der Waals surface area (Å²) < 4.78 is 16.1. The molecule has 0 aliphatic carbocycles. The minimum absolute atomic E-state index is 0.00663. The van der Waals surface area contributed by atoms with Crippen LogP contribution in [0.5, 0.6) is 11.5 Å². The molecule has 0 spiro atoms. The molecule has 0 saturated heterocycles. The van der Waals surface area contributed by atoms with E-state index in [-0.39, 0.29) is 31.5 Å². The molecule has 1 aliphatic rings. The summed E-state index contributed by atoms with van der Waals surface area (Å²) in [7, 11) is 0. The number of hydrogen-bond acceptors (Lipinski definition) is 8. The molecule has 0 fully saturated rings. The Labute approximate surface area is 197 Å². The number of amides is 2. The zero-order valence-electron chi connectivity index (χ0n) is 19.1. The number of fused-ring (bicyclic) bond motifs is 1. The van der Waals surface area contributed by atoms with Crippen molar-refractivity contribution in [2.24, 2.45) is 0 Å². The molecule has 2 N–H and O–H groups in total. The van der Waals surface area contributed by atoms with E-state index in [1.807, 2.05) is 13.8 Å². The first-order chi connectivity index (χ1) is 15.9. The van der Waals surface area contributed by atoms with Gasteiger partial charge in [-0.2, -0.15) is 0 Å². The van der Waals surface area contributed by atoms with E-state index >= 15 is 0 Å². The molecule has 0 atom stereocenters. The van der Waals surface area contributed by atoms with Gasteiger partial charge in [0.05, 0.1) is 25.3 Å². The quantitative estimate of drug-likeness (QED) is 0.509. The number of carbonyl (C=O) groups excluding carboxylic acids is 3. The monoisotopic (exact) mass is 475 g/mol. The van der Waals surface area contributed by atoms with Crippen molar-refractivity contribution in [3.8, 4) is 11.5 Å². The second kappa shape index (κ2) is 11.7. The molecule has 0 bridgehead atoms. The second-order valence-corrected chi connectivity index (χ2v) is 8.42. The minimum Gasteiger partial charge on any atom is -0.486 e. The van der Waals surface area contributed by atoms with Gasteiger partial charge < -0.3 is 24.8 Å². The zero-order valence-corrected chi connectivity index (χ0v) is 19.9. The van der Waals surface area contributed by atoms with Gasteiger partial charge in [-0.3, -0.25) is 14.5 Å². The van der Waals surface area contributed by atoms with Gasteiger partial charge in [0.1, 0.15) is 18.2 Å². The highest BCUT2D eigenvalue weighted by molar-refractivity contribution is 7.16. The van der Waals surface area contributed by atoms with Gasteiger partial charge >= 0.3 is 5.97 Å². The van der Waals surface area contributed by atoms with Crippen LogP contribution in [0.15, 0.2) is 24.3 Å². The minimum atomic E-state index is -0.463. The van der Waals surface area contributed by atoms with Crippen molar-refractivity contribution in [2.75, 3.05) is 50.1 Å². The van der Waals surface area contributed by atoms with E-state index in [4.69, 9.17) is 14.2 Å². The highest BCUT2D eigenvalue weighted by Gasteiger charge is 2.20. The summed E-state index contributed by atoms with van der Waals surface area (Å²) in [6, 6.07) is 6.96. The molecule has 0 saturated carbocycles. The van der Waals surface area contributed by atoms with Crippen LogP contribution in [0.25, 0.3) is 0 Å². The van der Waals surface area contributed by atoms with Gasteiger partial charge in [-0.25, -0.2) is 4.79 Å². The van der Waals surface area contributed by atoms with Gasteiger partial charge in [-0.1, -0.05) is 13.8 Å². The molecule has 10 heteroatoms.